The molecule has 1 aromatic rings. The summed E-state index contributed by atoms with van der Waals surface area (Å²) in [6, 6.07) is 0. The van der Waals surface area contributed by atoms with Gasteiger partial charge in [0.15, 0.2) is 0 Å². The minimum atomic E-state index is -5.06. The number of H-pyrrole nitrogens is 1. The number of carbonyl (C=O) groups is 3. The largest absolute Gasteiger partial charge is 0.459 e. The molecule has 0 unspecified atom stereocenters. The summed E-state index contributed by atoms with van der Waals surface area (Å²) in [5.41, 5.74) is -6.20. The number of ether oxygens (including phenoxy) is 2. The number of carbonyl (C=O) groups excluding carboxylic acids is 3. The number of rotatable bonds is 7. The van der Waals surface area contributed by atoms with Gasteiger partial charge in [-0.1, -0.05) is 0 Å². The lowest BCUT2D eigenvalue weighted by atomic mass is 10.2. The van der Waals surface area contributed by atoms with Crippen molar-refractivity contribution in [3.05, 3.63) is 32.6 Å². The fourth-order valence-electron chi connectivity index (χ4n) is 2.50. The number of esters is 1. The number of hydrogen-bond donors (Lipinski definition) is 2. The normalized spacial score (nSPS) is 12.1. The minimum Gasteiger partial charge on any atom is -0.459 e. The molecule has 14 heteroatoms. The van der Waals surface area contributed by atoms with E-state index in [1.54, 1.807) is 41.5 Å². The van der Waals surface area contributed by atoms with Crippen LogP contribution in [0, 0.1) is 0 Å². The van der Waals surface area contributed by atoms with E-state index < -0.39 is 65.3 Å². The molecule has 0 saturated heterocycles. The third-order valence-corrected chi connectivity index (χ3v) is 3.76. The SMILES string of the molecule is CC(C)(C)OC(=O)CN(CCNC(=O)OC(C)(C)C)C(=O)Cn1cc(C(F)(F)F)c(=O)[nH]c1=O. The Kier molecular flexibility index (Phi) is 9.07. The molecule has 2 amide bonds. The van der Waals surface area contributed by atoms with Crippen LogP contribution < -0.4 is 16.6 Å². The van der Waals surface area contributed by atoms with Crippen LogP contribution >= 0.6 is 0 Å². The van der Waals surface area contributed by atoms with E-state index in [9.17, 15) is 37.1 Å². The first-order valence-corrected chi connectivity index (χ1v) is 10.2. The second-order valence-electron chi connectivity index (χ2n) is 9.26. The number of halogens is 3. The maximum Gasteiger partial charge on any atom is 0.423 e. The lowest BCUT2D eigenvalue weighted by Crippen LogP contribution is -2.46. The zero-order chi connectivity index (χ0) is 26.5. The monoisotopic (exact) mass is 494 g/mol. The van der Waals surface area contributed by atoms with Gasteiger partial charge in [-0.3, -0.25) is 23.9 Å². The Hall–Kier alpha value is -3.32. The molecule has 0 saturated carbocycles. The second kappa shape index (κ2) is 10.7. The van der Waals surface area contributed by atoms with Crippen LogP contribution in [0.3, 0.4) is 0 Å². The van der Waals surface area contributed by atoms with Crippen molar-refractivity contribution in [1.29, 1.82) is 0 Å². The van der Waals surface area contributed by atoms with Crippen LogP contribution in [-0.2, 0) is 31.8 Å². The summed E-state index contributed by atoms with van der Waals surface area (Å²) in [6.07, 6.45) is -5.62. The quantitative estimate of drug-likeness (QED) is 0.544. The van der Waals surface area contributed by atoms with E-state index in [1.165, 1.54) is 4.98 Å². The second-order valence-corrected chi connectivity index (χ2v) is 9.26. The number of hydrogen-bond acceptors (Lipinski definition) is 7. The van der Waals surface area contributed by atoms with Crippen LogP contribution in [0.1, 0.15) is 47.1 Å². The van der Waals surface area contributed by atoms with Crippen molar-refractivity contribution in [1.82, 2.24) is 19.8 Å². The van der Waals surface area contributed by atoms with Crippen LogP contribution in [-0.4, -0.2) is 63.3 Å². The van der Waals surface area contributed by atoms with Gasteiger partial charge in [0.05, 0.1) is 0 Å². The maximum atomic E-state index is 13.0. The molecule has 0 bridgehead atoms. The van der Waals surface area contributed by atoms with Crippen LogP contribution in [0.5, 0.6) is 0 Å². The summed E-state index contributed by atoms with van der Waals surface area (Å²) >= 11 is 0. The molecule has 0 aliphatic carbocycles. The van der Waals surface area contributed by atoms with Gasteiger partial charge in [-0.15, -0.1) is 0 Å². The van der Waals surface area contributed by atoms with Gasteiger partial charge < -0.3 is 19.7 Å². The topological polar surface area (TPSA) is 140 Å². The van der Waals surface area contributed by atoms with Crippen LogP contribution in [0.15, 0.2) is 15.8 Å². The average molecular weight is 494 g/mol. The van der Waals surface area contributed by atoms with E-state index >= 15 is 0 Å². The molecule has 0 aliphatic heterocycles. The maximum absolute atomic E-state index is 13.0. The highest BCUT2D eigenvalue weighted by Crippen LogP contribution is 2.25. The summed E-state index contributed by atoms with van der Waals surface area (Å²) in [4.78, 5) is 62.6. The van der Waals surface area contributed by atoms with Crippen molar-refractivity contribution in [2.75, 3.05) is 19.6 Å². The van der Waals surface area contributed by atoms with E-state index in [2.05, 4.69) is 5.32 Å². The molecular formula is C20H29F3N4O7. The Morgan fingerprint density at radius 3 is 2.09 bits per heavy atom. The van der Waals surface area contributed by atoms with Crippen LogP contribution in [0.4, 0.5) is 18.0 Å². The van der Waals surface area contributed by atoms with E-state index in [1.807, 2.05) is 0 Å². The van der Waals surface area contributed by atoms with Gasteiger partial charge in [0.2, 0.25) is 5.91 Å². The van der Waals surface area contributed by atoms with Crippen molar-refractivity contribution >= 4 is 18.0 Å². The zero-order valence-corrected chi connectivity index (χ0v) is 19.8. The van der Waals surface area contributed by atoms with Gasteiger partial charge in [-0.25, -0.2) is 9.59 Å². The molecule has 1 rings (SSSR count). The first-order valence-electron chi connectivity index (χ1n) is 10.2. The molecule has 2 N–H and O–H groups in total. The summed E-state index contributed by atoms with van der Waals surface area (Å²) in [7, 11) is 0. The molecule has 0 aliphatic rings. The van der Waals surface area contributed by atoms with Crippen molar-refractivity contribution in [2.24, 2.45) is 0 Å². The Morgan fingerprint density at radius 2 is 1.59 bits per heavy atom. The third-order valence-electron chi connectivity index (χ3n) is 3.76. The fraction of sp³-hybridized carbons (Fsp3) is 0.650. The highest BCUT2D eigenvalue weighted by Gasteiger charge is 2.35. The highest BCUT2D eigenvalue weighted by molar-refractivity contribution is 5.82. The van der Waals surface area contributed by atoms with Gasteiger partial charge in [0, 0.05) is 19.3 Å². The smallest absolute Gasteiger partial charge is 0.423 e. The number of aromatic nitrogens is 2. The first kappa shape index (κ1) is 28.7. The van der Waals surface area contributed by atoms with Gasteiger partial charge in [-0.05, 0) is 41.5 Å². The molecule has 0 spiro atoms. The Labute approximate surface area is 193 Å². The number of nitrogens with one attached hydrogen (secondary N) is 2. The lowest BCUT2D eigenvalue weighted by Gasteiger charge is -2.26. The fourth-order valence-corrected chi connectivity index (χ4v) is 2.50. The summed E-state index contributed by atoms with van der Waals surface area (Å²) in [5.74, 6) is -1.75. The summed E-state index contributed by atoms with van der Waals surface area (Å²) in [5, 5.41) is 2.39. The Morgan fingerprint density at radius 1 is 1.03 bits per heavy atom. The summed E-state index contributed by atoms with van der Waals surface area (Å²) < 4.78 is 49.6. The predicted octanol–water partition coefficient (Wildman–Crippen LogP) is 1.25. The van der Waals surface area contributed by atoms with Gasteiger partial charge in [0.1, 0.15) is 29.9 Å². The number of alkyl carbamates (subject to hydrolysis) is 1. The molecular weight excluding hydrogens is 465 g/mol. The van der Waals surface area contributed by atoms with E-state index in [4.69, 9.17) is 9.47 Å². The molecule has 192 valence electrons. The Bertz CT molecular complexity index is 1020. The zero-order valence-electron chi connectivity index (χ0n) is 19.8. The van der Waals surface area contributed by atoms with Gasteiger partial charge in [0.25, 0.3) is 5.56 Å². The molecule has 1 aromatic heterocycles. The van der Waals surface area contributed by atoms with Gasteiger partial charge in [-0.2, -0.15) is 13.2 Å². The molecule has 1 heterocycles. The van der Waals surface area contributed by atoms with E-state index in [0.29, 0.717) is 4.57 Å². The minimum absolute atomic E-state index is 0.169. The third kappa shape index (κ3) is 10.1. The van der Waals surface area contributed by atoms with E-state index in [0.717, 1.165) is 4.90 Å². The van der Waals surface area contributed by atoms with Crippen molar-refractivity contribution in [3.63, 3.8) is 0 Å². The van der Waals surface area contributed by atoms with Crippen molar-refractivity contribution in [2.45, 2.75) is 65.5 Å². The number of amides is 2. The van der Waals surface area contributed by atoms with E-state index in [-0.39, 0.29) is 19.3 Å². The number of aromatic amines is 1. The van der Waals surface area contributed by atoms with Gasteiger partial charge >= 0.3 is 23.9 Å². The number of alkyl halides is 3. The number of nitrogens with zero attached hydrogens (tertiary/aromatic N) is 2. The molecule has 0 atom stereocenters. The molecule has 0 aromatic carbocycles. The molecule has 0 fully saturated rings. The Balaban J connectivity index is 3.06. The van der Waals surface area contributed by atoms with Crippen molar-refractivity contribution < 1.29 is 37.0 Å². The molecule has 11 nitrogen and oxygen atoms in total. The standard InChI is InChI=1S/C20H29F3N4O7/c1-18(2,3)33-14(29)11-26(8-7-24-17(32)34-19(4,5)6)13(28)10-27-9-12(20(21,22)23)15(30)25-16(27)31/h9H,7-8,10-11H2,1-6H3,(H,24,32)(H,25,30,31). The average Bonchev–Trinajstić information content (AvgIpc) is 2.58. The van der Waals surface area contributed by atoms with Crippen LogP contribution in [0.25, 0.3) is 0 Å². The van der Waals surface area contributed by atoms with Crippen molar-refractivity contribution in [3.8, 4) is 0 Å². The predicted molar refractivity (Wildman–Crippen MR) is 113 cm³/mol. The summed E-state index contributed by atoms with van der Waals surface area (Å²) in [6.45, 7) is 7.79. The first-order chi connectivity index (χ1) is 15.3. The molecule has 0 radical (unpaired) electrons. The van der Waals surface area contributed by atoms with Crippen LogP contribution in [0.2, 0.25) is 0 Å². The highest BCUT2D eigenvalue weighted by atomic mass is 19.4. The molecule has 34 heavy (non-hydrogen) atoms. The lowest BCUT2D eigenvalue weighted by molar-refractivity contribution is -0.159.